The number of hydrogen-bond acceptors (Lipinski definition) is 6. The number of ether oxygens (including phenoxy) is 4. The molecule has 0 amide bonds. The molecule has 0 fully saturated rings. The van der Waals surface area contributed by atoms with Crippen molar-refractivity contribution in [3.8, 4) is 23.0 Å². The molecule has 2 aromatic carbocycles. The molecule has 0 aliphatic rings. The lowest BCUT2D eigenvalue weighted by molar-refractivity contribution is 0.0733. The van der Waals surface area contributed by atoms with Gasteiger partial charge in [0.1, 0.15) is 5.75 Å². The Bertz CT molecular complexity index is 1260. The van der Waals surface area contributed by atoms with Crippen molar-refractivity contribution < 1.29 is 23.7 Å². The first-order valence-corrected chi connectivity index (χ1v) is 23.6. The van der Waals surface area contributed by atoms with Gasteiger partial charge in [0.2, 0.25) is 5.75 Å². The van der Waals surface area contributed by atoms with Crippen LogP contribution in [-0.4, -0.2) is 25.8 Å². The molecular formula is C49H81N3O5. The number of azide groups is 1. The van der Waals surface area contributed by atoms with Crippen molar-refractivity contribution in [1.82, 2.24) is 0 Å². The maximum Gasteiger partial charge on any atom is 0.343 e. The summed E-state index contributed by atoms with van der Waals surface area (Å²) in [5.74, 6) is 1.49. The van der Waals surface area contributed by atoms with E-state index in [1.165, 1.54) is 154 Å². The van der Waals surface area contributed by atoms with Gasteiger partial charge in [0.15, 0.2) is 11.5 Å². The van der Waals surface area contributed by atoms with E-state index in [9.17, 15) is 4.79 Å². The molecule has 0 radical (unpaired) electrons. The minimum absolute atomic E-state index is 0.344. The van der Waals surface area contributed by atoms with E-state index >= 15 is 0 Å². The number of carbonyl (C=O) groups is 1. The van der Waals surface area contributed by atoms with Gasteiger partial charge >= 0.3 is 5.97 Å². The SMILES string of the molecule is CCCCCCCCCCCCOc1cc(C(=O)Oc2ccc(N=[N+]=[N-])cc2)cc(OCCCCCCCCCCCC)c1OCCCCCCCCCCCC. The molecule has 0 N–H and O–H groups in total. The van der Waals surface area contributed by atoms with Crippen molar-refractivity contribution in [2.75, 3.05) is 19.8 Å². The van der Waals surface area contributed by atoms with Crippen molar-refractivity contribution in [3.05, 3.63) is 52.4 Å². The third-order valence-corrected chi connectivity index (χ3v) is 10.7. The molecule has 322 valence electrons. The van der Waals surface area contributed by atoms with E-state index in [4.69, 9.17) is 24.5 Å². The summed E-state index contributed by atoms with van der Waals surface area (Å²) in [6, 6.07) is 9.97. The molecule has 2 rings (SSSR count). The number of hydrogen-bond donors (Lipinski definition) is 0. The number of nitrogens with zero attached hydrogens (tertiary/aromatic N) is 3. The van der Waals surface area contributed by atoms with E-state index < -0.39 is 5.97 Å². The Hall–Kier alpha value is -3.38. The van der Waals surface area contributed by atoms with Crippen molar-refractivity contribution in [1.29, 1.82) is 0 Å². The zero-order valence-corrected chi connectivity index (χ0v) is 36.7. The van der Waals surface area contributed by atoms with Crippen molar-refractivity contribution in [2.45, 2.75) is 213 Å². The van der Waals surface area contributed by atoms with Gasteiger partial charge in [-0.2, -0.15) is 0 Å². The zero-order valence-electron chi connectivity index (χ0n) is 36.7. The predicted molar refractivity (Wildman–Crippen MR) is 239 cm³/mol. The van der Waals surface area contributed by atoms with Crippen LogP contribution in [0.15, 0.2) is 41.5 Å². The molecule has 0 aromatic heterocycles. The topological polar surface area (TPSA) is 103 Å². The molecule has 0 spiro atoms. The monoisotopic (exact) mass is 792 g/mol. The van der Waals surface area contributed by atoms with E-state index in [1.807, 2.05) is 0 Å². The summed E-state index contributed by atoms with van der Waals surface area (Å²) < 4.78 is 25.1. The van der Waals surface area contributed by atoms with Gasteiger partial charge in [0, 0.05) is 10.6 Å². The predicted octanol–water partition coefficient (Wildman–Crippen LogP) is 16.7. The first-order valence-electron chi connectivity index (χ1n) is 23.6. The molecular weight excluding hydrogens is 711 g/mol. The van der Waals surface area contributed by atoms with Crippen molar-refractivity contribution >= 4 is 11.7 Å². The van der Waals surface area contributed by atoms with Crippen LogP contribution in [-0.2, 0) is 0 Å². The van der Waals surface area contributed by atoms with E-state index in [0.29, 0.717) is 54.1 Å². The maximum absolute atomic E-state index is 13.6. The average Bonchev–Trinajstić information content (AvgIpc) is 3.22. The van der Waals surface area contributed by atoms with Crippen LogP contribution < -0.4 is 18.9 Å². The third-order valence-electron chi connectivity index (χ3n) is 10.7. The van der Waals surface area contributed by atoms with Gasteiger partial charge in [0.05, 0.1) is 25.4 Å². The summed E-state index contributed by atoms with van der Waals surface area (Å²) in [4.78, 5) is 16.4. The van der Waals surface area contributed by atoms with Crippen LogP contribution in [0.25, 0.3) is 10.4 Å². The van der Waals surface area contributed by atoms with Gasteiger partial charge < -0.3 is 18.9 Å². The summed E-state index contributed by atoms with van der Waals surface area (Å²) in [5, 5.41) is 3.61. The molecule has 0 aliphatic heterocycles. The summed E-state index contributed by atoms with van der Waals surface area (Å²) in [7, 11) is 0. The Morgan fingerprint density at radius 1 is 0.491 bits per heavy atom. The van der Waals surface area contributed by atoms with Crippen LogP contribution >= 0.6 is 0 Å². The van der Waals surface area contributed by atoms with Crippen LogP contribution in [0.4, 0.5) is 5.69 Å². The minimum Gasteiger partial charge on any atom is -0.490 e. The van der Waals surface area contributed by atoms with Crippen molar-refractivity contribution in [3.63, 3.8) is 0 Å². The molecule has 0 bridgehead atoms. The minimum atomic E-state index is -0.514. The number of carbonyl (C=O) groups excluding carboxylic acids is 1. The molecule has 2 aromatic rings. The average molecular weight is 792 g/mol. The second kappa shape index (κ2) is 35.8. The molecule has 0 aliphatic carbocycles. The number of benzene rings is 2. The molecule has 0 unspecified atom stereocenters. The third kappa shape index (κ3) is 25.6. The quantitative estimate of drug-likeness (QED) is 0.0167. The second-order valence-corrected chi connectivity index (χ2v) is 16.0. The molecule has 0 heterocycles. The Morgan fingerprint density at radius 3 is 1.18 bits per heavy atom. The molecule has 57 heavy (non-hydrogen) atoms. The Morgan fingerprint density at radius 2 is 0.825 bits per heavy atom. The second-order valence-electron chi connectivity index (χ2n) is 16.0. The van der Waals surface area contributed by atoms with Gasteiger partial charge in [-0.25, -0.2) is 4.79 Å². The Kier molecular flexibility index (Phi) is 31.2. The summed E-state index contributed by atoms with van der Waals surface area (Å²) in [6.07, 6.45) is 37.6. The van der Waals surface area contributed by atoms with Crippen molar-refractivity contribution in [2.24, 2.45) is 5.11 Å². The summed E-state index contributed by atoms with van der Waals surface area (Å²) in [5.41, 5.74) is 9.55. The Balaban J connectivity index is 2.09. The standard InChI is InChI=1S/C49H81N3O5/c1-4-7-10-13-16-19-22-25-28-31-38-54-46-41-43(49(53)57-45-36-34-44(35-37-45)51-52-50)42-47(55-39-32-29-26-23-20-17-14-11-8-5-2)48(46)56-40-33-30-27-24-21-18-15-12-9-6-3/h34-37,41-42H,4-33,38-40H2,1-3H3. The Labute approximate surface area is 348 Å². The normalized spacial score (nSPS) is 11.0. The smallest absolute Gasteiger partial charge is 0.343 e. The molecule has 8 nitrogen and oxygen atoms in total. The van der Waals surface area contributed by atoms with Crippen LogP contribution in [0.1, 0.15) is 224 Å². The van der Waals surface area contributed by atoms with E-state index in [-0.39, 0.29) is 0 Å². The van der Waals surface area contributed by atoms with Gasteiger partial charge in [-0.1, -0.05) is 199 Å². The largest absolute Gasteiger partial charge is 0.490 e. The van der Waals surface area contributed by atoms with Gasteiger partial charge in [-0.05, 0) is 61.2 Å². The fourth-order valence-electron chi connectivity index (χ4n) is 7.16. The number of rotatable bonds is 39. The molecule has 0 saturated carbocycles. The lowest BCUT2D eigenvalue weighted by Crippen LogP contribution is -2.12. The molecule has 0 saturated heterocycles. The highest BCUT2D eigenvalue weighted by molar-refractivity contribution is 5.92. The highest BCUT2D eigenvalue weighted by atomic mass is 16.5. The van der Waals surface area contributed by atoms with Gasteiger partial charge in [-0.3, -0.25) is 0 Å². The van der Waals surface area contributed by atoms with Crippen LogP contribution in [0.2, 0.25) is 0 Å². The fraction of sp³-hybridized carbons (Fsp3) is 0.735. The number of esters is 1. The molecule has 0 atom stereocenters. The lowest BCUT2D eigenvalue weighted by atomic mass is 10.1. The van der Waals surface area contributed by atoms with Crippen LogP contribution in [0, 0.1) is 0 Å². The summed E-state index contributed by atoms with van der Waals surface area (Å²) >= 11 is 0. The highest BCUT2D eigenvalue weighted by Gasteiger charge is 2.20. The van der Waals surface area contributed by atoms with E-state index in [2.05, 4.69) is 30.8 Å². The van der Waals surface area contributed by atoms with Gasteiger partial charge in [0.25, 0.3) is 0 Å². The maximum atomic E-state index is 13.6. The first-order chi connectivity index (χ1) is 28.1. The van der Waals surface area contributed by atoms with E-state index in [1.54, 1.807) is 36.4 Å². The van der Waals surface area contributed by atoms with Crippen LogP contribution in [0.3, 0.4) is 0 Å². The highest BCUT2D eigenvalue weighted by Crippen LogP contribution is 2.40. The lowest BCUT2D eigenvalue weighted by Gasteiger charge is -2.19. The molecule has 8 heteroatoms. The van der Waals surface area contributed by atoms with E-state index in [0.717, 1.165) is 38.5 Å². The van der Waals surface area contributed by atoms with Gasteiger partial charge in [-0.15, -0.1) is 0 Å². The number of unbranched alkanes of at least 4 members (excludes halogenated alkanes) is 27. The summed E-state index contributed by atoms with van der Waals surface area (Å²) in [6.45, 7) is 8.45. The van der Waals surface area contributed by atoms with Crippen LogP contribution in [0.5, 0.6) is 23.0 Å². The fourth-order valence-corrected chi connectivity index (χ4v) is 7.16. The zero-order chi connectivity index (χ0) is 40.9. The first kappa shape index (κ1) is 49.8.